The van der Waals surface area contributed by atoms with Gasteiger partial charge in [-0.05, 0) is 32.9 Å². The van der Waals surface area contributed by atoms with Crippen LogP contribution in [0.25, 0.3) is 0 Å². The summed E-state index contributed by atoms with van der Waals surface area (Å²) in [5, 5.41) is 2.36. The molecule has 0 fully saturated rings. The summed E-state index contributed by atoms with van der Waals surface area (Å²) < 4.78 is 32.2. The number of amides is 1. The molecule has 106 valence electrons. The van der Waals surface area contributed by atoms with Gasteiger partial charge in [0.15, 0.2) is 0 Å². The molecule has 0 aliphatic rings. The second kappa shape index (κ2) is 5.97. The van der Waals surface area contributed by atoms with E-state index < -0.39 is 29.4 Å². The number of nitrogens with two attached hydrogens (primary N) is 1. The number of benzene rings is 1. The lowest BCUT2D eigenvalue weighted by atomic mass is 10.1. The lowest BCUT2D eigenvalue weighted by Gasteiger charge is -2.23. The van der Waals surface area contributed by atoms with Gasteiger partial charge in [-0.2, -0.15) is 0 Å². The highest BCUT2D eigenvalue weighted by Crippen LogP contribution is 2.20. The minimum absolute atomic E-state index is 0.142. The third-order valence-electron chi connectivity index (χ3n) is 2.27. The molecule has 0 aliphatic heterocycles. The molecule has 0 aromatic heterocycles. The number of nitrogens with one attached hydrogen (secondary N) is 1. The molecule has 0 aliphatic carbocycles. The van der Waals surface area contributed by atoms with Gasteiger partial charge < -0.3 is 15.8 Å². The van der Waals surface area contributed by atoms with Gasteiger partial charge in [-0.15, -0.1) is 0 Å². The quantitative estimate of drug-likeness (QED) is 0.888. The van der Waals surface area contributed by atoms with Gasteiger partial charge >= 0.3 is 6.09 Å². The molecule has 0 heterocycles. The summed E-state index contributed by atoms with van der Waals surface area (Å²) in [7, 11) is 0. The zero-order valence-corrected chi connectivity index (χ0v) is 11.2. The number of hydrogen-bond acceptors (Lipinski definition) is 3. The van der Waals surface area contributed by atoms with Gasteiger partial charge in [-0.3, -0.25) is 0 Å². The van der Waals surface area contributed by atoms with Crippen molar-refractivity contribution in [2.75, 3.05) is 6.54 Å². The standard InChI is InChI=1S/C13H18F2N2O2/c1-13(2,3)19-12(18)17-10(7-16)11-8(14)5-4-6-9(11)15/h4-6,10H,7,16H2,1-3H3,(H,17,18). The van der Waals surface area contributed by atoms with E-state index in [1.807, 2.05) is 0 Å². The zero-order chi connectivity index (χ0) is 14.6. The van der Waals surface area contributed by atoms with Crippen molar-refractivity contribution >= 4 is 6.09 Å². The van der Waals surface area contributed by atoms with Crippen LogP contribution in [-0.4, -0.2) is 18.2 Å². The van der Waals surface area contributed by atoms with Crippen LogP contribution in [0, 0.1) is 11.6 Å². The number of hydrogen-bond donors (Lipinski definition) is 2. The highest BCUT2D eigenvalue weighted by molar-refractivity contribution is 5.68. The first-order chi connectivity index (χ1) is 8.74. The first-order valence-electron chi connectivity index (χ1n) is 5.88. The summed E-state index contributed by atoms with van der Waals surface area (Å²) in [6.07, 6.45) is -0.773. The molecule has 0 saturated carbocycles. The summed E-state index contributed by atoms with van der Waals surface area (Å²) in [5.74, 6) is -1.52. The number of carbonyl (C=O) groups is 1. The Hall–Kier alpha value is -1.69. The second-order valence-corrected chi connectivity index (χ2v) is 5.07. The first-order valence-corrected chi connectivity index (χ1v) is 5.88. The summed E-state index contributed by atoms with van der Waals surface area (Å²) >= 11 is 0. The molecule has 0 bridgehead atoms. The van der Waals surface area contributed by atoms with Crippen LogP contribution in [0.2, 0.25) is 0 Å². The lowest BCUT2D eigenvalue weighted by Crippen LogP contribution is -2.38. The fraction of sp³-hybridized carbons (Fsp3) is 0.462. The molecule has 4 nitrogen and oxygen atoms in total. The minimum atomic E-state index is -0.976. The van der Waals surface area contributed by atoms with Crippen LogP contribution in [0.1, 0.15) is 32.4 Å². The Bertz CT molecular complexity index is 438. The maximum Gasteiger partial charge on any atom is 0.408 e. The molecule has 1 aromatic rings. The summed E-state index contributed by atoms with van der Waals surface area (Å²) in [6.45, 7) is 4.92. The van der Waals surface area contributed by atoms with E-state index in [1.165, 1.54) is 6.07 Å². The van der Waals surface area contributed by atoms with E-state index in [0.29, 0.717) is 0 Å². The van der Waals surface area contributed by atoms with Crippen molar-refractivity contribution in [3.63, 3.8) is 0 Å². The lowest BCUT2D eigenvalue weighted by molar-refractivity contribution is 0.0504. The normalized spacial score (nSPS) is 12.9. The van der Waals surface area contributed by atoms with Gasteiger partial charge in [0, 0.05) is 12.1 Å². The average Bonchev–Trinajstić information content (AvgIpc) is 2.24. The smallest absolute Gasteiger partial charge is 0.408 e. The van der Waals surface area contributed by atoms with E-state index in [9.17, 15) is 13.6 Å². The van der Waals surface area contributed by atoms with E-state index in [4.69, 9.17) is 10.5 Å². The largest absolute Gasteiger partial charge is 0.444 e. The summed E-state index contributed by atoms with van der Waals surface area (Å²) in [4.78, 5) is 11.6. The minimum Gasteiger partial charge on any atom is -0.444 e. The average molecular weight is 272 g/mol. The zero-order valence-electron chi connectivity index (χ0n) is 11.2. The summed E-state index contributed by atoms with van der Waals surface area (Å²) in [5.41, 5.74) is 4.49. The van der Waals surface area contributed by atoms with Crippen molar-refractivity contribution in [2.45, 2.75) is 32.4 Å². The number of carbonyl (C=O) groups excluding carboxylic acids is 1. The maximum absolute atomic E-state index is 13.6. The molecule has 1 atom stereocenters. The summed E-state index contributed by atoms with van der Waals surface area (Å²) in [6, 6.07) is 2.49. The number of rotatable bonds is 3. The fourth-order valence-corrected chi connectivity index (χ4v) is 1.54. The predicted molar refractivity (Wildman–Crippen MR) is 67.5 cm³/mol. The Morgan fingerprint density at radius 1 is 1.37 bits per heavy atom. The molecule has 6 heteroatoms. The van der Waals surface area contributed by atoms with Crippen molar-refractivity contribution in [2.24, 2.45) is 5.73 Å². The monoisotopic (exact) mass is 272 g/mol. The van der Waals surface area contributed by atoms with E-state index in [0.717, 1.165) is 12.1 Å². The van der Waals surface area contributed by atoms with Gasteiger partial charge in [-0.1, -0.05) is 6.07 Å². The molecule has 3 N–H and O–H groups in total. The number of ether oxygens (including phenoxy) is 1. The molecule has 1 aromatic carbocycles. The molecule has 19 heavy (non-hydrogen) atoms. The topological polar surface area (TPSA) is 64.3 Å². The van der Waals surface area contributed by atoms with Crippen LogP contribution in [0.4, 0.5) is 13.6 Å². The molecule has 1 unspecified atom stereocenters. The van der Waals surface area contributed by atoms with Crippen LogP contribution in [0.3, 0.4) is 0 Å². The predicted octanol–water partition coefficient (Wildman–Crippen LogP) is 2.49. The van der Waals surface area contributed by atoms with Crippen LogP contribution in [-0.2, 0) is 4.74 Å². The second-order valence-electron chi connectivity index (χ2n) is 5.07. The van der Waals surface area contributed by atoms with Gasteiger partial charge in [-0.25, -0.2) is 13.6 Å². The Labute approximate surface area is 110 Å². The van der Waals surface area contributed by atoms with Crippen molar-refractivity contribution in [1.29, 1.82) is 0 Å². The Balaban J connectivity index is 2.87. The third-order valence-corrected chi connectivity index (χ3v) is 2.27. The van der Waals surface area contributed by atoms with E-state index in [2.05, 4.69) is 5.32 Å². The molecular weight excluding hydrogens is 254 g/mol. The van der Waals surface area contributed by atoms with Crippen LogP contribution >= 0.6 is 0 Å². The Morgan fingerprint density at radius 3 is 2.32 bits per heavy atom. The highest BCUT2D eigenvalue weighted by atomic mass is 19.1. The van der Waals surface area contributed by atoms with Crippen LogP contribution in [0.5, 0.6) is 0 Å². The van der Waals surface area contributed by atoms with Crippen molar-refractivity contribution < 1.29 is 18.3 Å². The van der Waals surface area contributed by atoms with Gasteiger partial charge in [0.1, 0.15) is 17.2 Å². The third kappa shape index (κ3) is 4.48. The molecule has 1 rings (SSSR count). The van der Waals surface area contributed by atoms with E-state index in [-0.39, 0.29) is 12.1 Å². The van der Waals surface area contributed by atoms with Gasteiger partial charge in [0.25, 0.3) is 0 Å². The van der Waals surface area contributed by atoms with E-state index in [1.54, 1.807) is 20.8 Å². The van der Waals surface area contributed by atoms with E-state index >= 15 is 0 Å². The molecule has 1 amide bonds. The van der Waals surface area contributed by atoms with Crippen molar-refractivity contribution in [1.82, 2.24) is 5.32 Å². The number of halogens is 2. The first kappa shape index (κ1) is 15.4. The molecule has 0 saturated heterocycles. The van der Waals surface area contributed by atoms with Crippen LogP contribution in [0.15, 0.2) is 18.2 Å². The fourth-order valence-electron chi connectivity index (χ4n) is 1.54. The number of alkyl carbamates (subject to hydrolysis) is 1. The van der Waals surface area contributed by atoms with Gasteiger partial charge in [0.05, 0.1) is 6.04 Å². The maximum atomic E-state index is 13.6. The van der Waals surface area contributed by atoms with Crippen molar-refractivity contribution in [3.05, 3.63) is 35.4 Å². The van der Waals surface area contributed by atoms with Gasteiger partial charge in [0.2, 0.25) is 0 Å². The Morgan fingerprint density at radius 2 is 1.89 bits per heavy atom. The Kier molecular flexibility index (Phi) is 4.83. The molecule has 0 spiro atoms. The molecular formula is C13H18F2N2O2. The van der Waals surface area contributed by atoms with Crippen molar-refractivity contribution in [3.8, 4) is 0 Å². The SMILES string of the molecule is CC(C)(C)OC(=O)NC(CN)c1c(F)cccc1F. The van der Waals surface area contributed by atoms with Crippen LogP contribution < -0.4 is 11.1 Å². The molecule has 0 radical (unpaired) electrons. The highest BCUT2D eigenvalue weighted by Gasteiger charge is 2.23.